The van der Waals surface area contributed by atoms with Crippen molar-refractivity contribution in [2.24, 2.45) is 0 Å². The van der Waals surface area contributed by atoms with Gasteiger partial charge in [-0.05, 0) is 42.0 Å². The van der Waals surface area contributed by atoms with E-state index in [1.165, 1.54) is 6.08 Å². The molecule has 23 heavy (non-hydrogen) atoms. The molecule has 2 aromatic carbocycles. The average molecular weight is 327 g/mol. The van der Waals surface area contributed by atoms with Gasteiger partial charge in [0.25, 0.3) is 0 Å². The Morgan fingerprint density at radius 3 is 2.78 bits per heavy atom. The zero-order valence-electron chi connectivity index (χ0n) is 12.3. The molecule has 0 spiro atoms. The number of hydrogen-bond acceptors (Lipinski definition) is 3. The summed E-state index contributed by atoms with van der Waals surface area (Å²) in [6.45, 7) is 0.704. The molecular weight excluding hydrogens is 312 g/mol. The minimum absolute atomic E-state index is 0.200. The van der Waals surface area contributed by atoms with Gasteiger partial charge in [-0.25, -0.2) is 0 Å². The molecular formula is C18H15ClN2O2. The summed E-state index contributed by atoms with van der Waals surface area (Å²) in [5, 5.41) is 12.2. The summed E-state index contributed by atoms with van der Waals surface area (Å²) in [7, 11) is 0. The maximum Gasteiger partial charge on any atom is 0.244 e. The van der Waals surface area contributed by atoms with Gasteiger partial charge in [-0.2, -0.15) is 5.26 Å². The first-order chi connectivity index (χ1) is 11.2. The van der Waals surface area contributed by atoms with Gasteiger partial charge in [-0.15, -0.1) is 0 Å². The van der Waals surface area contributed by atoms with Gasteiger partial charge in [-0.3, -0.25) is 4.79 Å². The number of benzene rings is 2. The number of nitrogens with one attached hydrogen (secondary N) is 1. The van der Waals surface area contributed by atoms with Gasteiger partial charge in [0.15, 0.2) is 0 Å². The Balaban J connectivity index is 1.72. The van der Waals surface area contributed by atoms with E-state index < -0.39 is 0 Å². The van der Waals surface area contributed by atoms with Gasteiger partial charge in [-0.1, -0.05) is 29.8 Å². The number of carbonyl (C=O) groups is 1. The van der Waals surface area contributed by atoms with Crippen molar-refractivity contribution in [3.63, 3.8) is 0 Å². The number of hydrogen-bond donors (Lipinski definition) is 1. The van der Waals surface area contributed by atoms with E-state index in [1.807, 2.05) is 18.2 Å². The Morgan fingerprint density at radius 2 is 2.04 bits per heavy atom. The quantitative estimate of drug-likeness (QED) is 0.653. The highest BCUT2D eigenvalue weighted by molar-refractivity contribution is 6.30. The highest BCUT2D eigenvalue weighted by atomic mass is 35.5. The van der Waals surface area contributed by atoms with E-state index in [0.717, 1.165) is 5.56 Å². The van der Waals surface area contributed by atoms with Crippen molar-refractivity contribution in [3.05, 3.63) is 70.8 Å². The first-order valence-electron chi connectivity index (χ1n) is 7.02. The van der Waals surface area contributed by atoms with E-state index in [2.05, 4.69) is 5.32 Å². The summed E-state index contributed by atoms with van der Waals surface area (Å²) in [5.41, 5.74) is 1.44. The fourth-order valence-electron chi connectivity index (χ4n) is 1.80. The Labute approximate surface area is 140 Å². The first-order valence-corrected chi connectivity index (χ1v) is 7.39. The summed E-state index contributed by atoms with van der Waals surface area (Å²) in [6.07, 6.45) is 3.17. The fourth-order valence-corrected chi connectivity index (χ4v) is 1.93. The summed E-state index contributed by atoms with van der Waals surface area (Å²) in [6, 6.07) is 16.1. The van der Waals surface area contributed by atoms with Gasteiger partial charge in [0.05, 0.1) is 18.2 Å². The molecule has 0 aromatic heterocycles. The molecule has 0 saturated heterocycles. The molecule has 1 amide bonds. The third-order valence-electron chi connectivity index (χ3n) is 2.93. The average Bonchev–Trinajstić information content (AvgIpc) is 2.58. The number of nitrogens with zero attached hydrogens (tertiary/aromatic N) is 1. The molecule has 0 aliphatic heterocycles. The van der Waals surface area contributed by atoms with Crippen molar-refractivity contribution >= 4 is 23.6 Å². The van der Waals surface area contributed by atoms with Crippen LogP contribution in [0.4, 0.5) is 0 Å². The van der Waals surface area contributed by atoms with Crippen LogP contribution in [0.15, 0.2) is 54.6 Å². The smallest absolute Gasteiger partial charge is 0.244 e. The lowest BCUT2D eigenvalue weighted by Gasteiger charge is -2.06. The lowest BCUT2D eigenvalue weighted by atomic mass is 10.2. The topological polar surface area (TPSA) is 62.1 Å². The normalized spacial score (nSPS) is 10.3. The fraction of sp³-hybridized carbons (Fsp3) is 0.111. The molecule has 2 aromatic rings. The molecule has 2 rings (SSSR count). The van der Waals surface area contributed by atoms with Crippen LogP contribution >= 0.6 is 11.6 Å². The van der Waals surface area contributed by atoms with Crippen LogP contribution in [-0.2, 0) is 4.79 Å². The van der Waals surface area contributed by atoms with Gasteiger partial charge < -0.3 is 10.1 Å². The predicted octanol–water partition coefficient (Wildman–Crippen LogP) is 3.42. The summed E-state index contributed by atoms with van der Waals surface area (Å²) in [4.78, 5) is 11.7. The molecule has 0 saturated carbocycles. The highest BCUT2D eigenvalue weighted by Gasteiger charge is 1.98. The van der Waals surface area contributed by atoms with Gasteiger partial charge in [0.2, 0.25) is 5.91 Å². The van der Waals surface area contributed by atoms with Crippen molar-refractivity contribution in [2.45, 2.75) is 0 Å². The highest BCUT2D eigenvalue weighted by Crippen LogP contribution is 2.12. The maximum absolute atomic E-state index is 11.7. The Hall–Kier alpha value is -2.77. The van der Waals surface area contributed by atoms with Crippen LogP contribution in [0.3, 0.4) is 0 Å². The molecule has 0 fully saturated rings. The maximum atomic E-state index is 11.7. The Bertz CT molecular complexity index is 733. The zero-order chi connectivity index (χ0) is 16.5. The standard InChI is InChI=1S/C18H15ClN2O2/c19-16-7-4-14(5-8-16)6-9-18(22)21-10-11-23-17-3-1-2-15(12-17)13-20/h1-9,12H,10-11H2,(H,21,22)/b9-6-. The van der Waals surface area contributed by atoms with Gasteiger partial charge in [0, 0.05) is 11.1 Å². The molecule has 0 unspecified atom stereocenters. The van der Waals surface area contributed by atoms with Crippen molar-refractivity contribution in [3.8, 4) is 11.8 Å². The molecule has 0 aliphatic rings. The van der Waals surface area contributed by atoms with Crippen LogP contribution < -0.4 is 10.1 Å². The number of amides is 1. The second-order valence-electron chi connectivity index (χ2n) is 4.66. The molecule has 0 bridgehead atoms. The van der Waals surface area contributed by atoms with E-state index >= 15 is 0 Å². The number of ether oxygens (including phenoxy) is 1. The molecule has 0 radical (unpaired) electrons. The number of carbonyl (C=O) groups excluding carboxylic acids is 1. The molecule has 0 heterocycles. The summed E-state index contributed by atoms with van der Waals surface area (Å²) >= 11 is 5.79. The van der Waals surface area contributed by atoms with Crippen LogP contribution in [0.2, 0.25) is 5.02 Å². The minimum Gasteiger partial charge on any atom is -0.492 e. The van der Waals surface area contributed by atoms with Crippen LogP contribution in [0.1, 0.15) is 11.1 Å². The van der Waals surface area contributed by atoms with E-state index in [1.54, 1.807) is 42.5 Å². The van der Waals surface area contributed by atoms with Crippen LogP contribution in [0.5, 0.6) is 5.75 Å². The summed E-state index contributed by atoms with van der Waals surface area (Å²) < 4.78 is 5.47. The predicted molar refractivity (Wildman–Crippen MR) is 90.1 cm³/mol. The second-order valence-corrected chi connectivity index (χ2v) is 5.10. The van der Waals surface area contributed by atoms with E-state index in [-0.39, 0.29) is 5.91 Å². The Kier molecular flexibility index (Phi) is 6.22. The third kappa shape index (κ3) is 5.85. The van der Waals surface area contributed by atoms with Crippen LogP contribution in [0, 0.1) is 11.3 Å². The largest absolute Gasteiger partial charge is 0.492 e. The number of nitriles is 1. The molecule has 116 valence electrons. The molecule has 5 heteroatoms. The molecule has 0 atom stereocenters. The Morgan fingerprint density at radius 1 is 1.26 bits per heavy atom. The third-order valence-corrected chi connectivity index (χ3v) is 3.18. The van der Waals surface area contributed by atoms with Crippen molar-refractivity contribution in [1.82, 2.24) is 5.32 Å². The van der Waals surface area contributed by atoms with E-state index in [4.69, 9.17) is 21.6 Å². The lowest BCUT2D eigenvalue weighted by molar-refractivity contribution is -0.116. The van der Waals surface area contributed by atoms with Crippen LogP contribution in [0.25, 0.3) is 6.08 Å². The summed E-state index contributed by atoms with van der Waals surface area (Å²) in [5.74, 6) is 0.407. The lowest BCUT2D eigenvalue weighted by Crippen LogP contribution is -2.26. The second kappa shape index (κ2) is 8.62. The molecule has 1 N–H and O–H groups in total. The minimum atomic E-state index is -0.200. The first kappa shape index (κ1) is 16.6. The van der Waals surface area contributed by atoms with Gasteiger partial charge in [0.1, 0.15) is 12.4 Å². The van der Waals surface area contributed by atoms with Gasteiger partial charge >= 0.3 is 0 Å². The molecule has 0 aliphatic carbocycles. The van der Waals surface area contributed by atoms with Crippen LogP contribution in [-0.4, -0.2) is 19.1 Å². The van der Waals surface area contributed by atoms with Crippen molar-refractivity contribution in [1.29, 1.82) is 5.26 Å². The monoisotopic (exact) mass is 326 g/mol. The van der Waals surface area contributed by atoms with E-state index in [0.29, 0.717) is 29.5 Å². The molecule has 4 nitrogen and oxygen atoms in total. The van der Waals surface area contributed by atoms with E-state index in [9.17, 15) is 4.79 Å². The zero-order valence-corrected chi connectivity index (χ0v) is 13.1. The number of rotatable bonds is 6. The SMILES string of the molecule is N#Cc1cccc(OCCNC(=O)/C=C\c2ccc(Cl)cc2)c1. The van der Waals surface area contributed by atoms with Crippen molar-refractivity contribution in [2.75, 3.05) is 13.2 Å². The van der Waals surface area contributed by atoms with Crippen molar-refractivity contribution < 1.29 is 9.53 Å². The number of halogens is 1.